The van der Waals surface area contributed by atoms with Crippen molar-refractivity contribution < 1.29 is 23.1 Å². The predicted octanol–water partition coefficient (Wildman–Crippen LogP) is 2.81. The molecule has 1 aromatic carbocycles. The second-order valence-corrected chi connectivity index (χ2v) is 6.66. The molecule has 3 rings (SSSR count). The number of pyridine rings is 1. The summed E-state index contributed by atoms with van der Waals surface area (Å²) in [6.07, 6.45) is -2.73. The minimum Gasteiger partial charge on any atom is -0.396 e. The second-order valence-electron chi connectivity index (χ2n) is 6.66. The fourth-order valence-corrected chi connectivity index (χ4v) is 3.51. The molecule has 0 radical (unpaired) electrons. The fourth-order valence-electron chi connectivity index (χ4n) is 3.51. The van der Waals surface area contributed by atoms with Gasteiger partial charge in [-0.1, -0.05) is 24.3 Å². The molecule has 0 saturated heterocycles. The van der Waals surface area contributed by atoms with Crippen LogP contribution in [0.3, 0.4) is 0 Å². The summed E-state index contributed by atoms with van der Waals surface area (Å²) >= 11 is 0. The van der Waals surface area contributed by atoms with Crippen LogP contribution in [0, 0.1) is 5.92 Å². The maximum absolute atomic E-state index is 12.7. The minimum atomic E-state index is -4.69. The Bertz CT molecular complexity index is 892. The highest BCUT2D eigenvalue weighted by Gasteiger charge is 2.33. The molecule has 2 aromatic rings. The average Bonchev–Trinajstić information content (AvgIpc) is 2.61. The summed E-state index contributed by atoms with van der Waals surface area (Å²) in [5, 5.41) is 12.0. The van der Waals surface area contributed by atoms with Crippen molar-refractivity contribution in [1.29, 1.82) is 0 Å². The summed E-state index contributed by atoms with van der Waals surface area (Å²) < 4.78 is 38.0. The highest BCUT2D eigenvalue weighted by molar-refractivity contribution is 5.94. The van der Waals surface area contributed by atoms with Crippen molar-refractivity contribution in [2.24, 2.45) is 5.92 Å². The smallest absolute Gasteiger partial charge is 0.396 e. The van der Waals surface area contributed by atoms with E-state index in [9.17, 15) is 27.9 Å². The van der Waals surface area contributed by atoms with E-state index in [0.717, 1.165) is 23.6 Å². The number of hydrogen-bond acceptors (Lipinski definition) is 3. The normalized spacial score (nSPS) is 19.4. The minimum absolute atomic E-state index is 0.0338. The van der Waals surface area contributed by atoms with Crippen LogP contribution in [0.2, 0.25) is 0 Å². The van der Waals surface area contributed by atoms with Gasteiger partial charge in [-0.15, -0.1) is 0 Å². The van der Waals surface area contributed by atoms with Crippen molar-refractivity contribution in [3.63, 3.8) is 0 Å². The molecule has 5 nitrogen and oxygen atoms in total. The Labute approximate surface area is 153 Å². The molecule has 0 saturated carbocycles. The number of halogens is 3. The number of alkyl halides is 3. The van der Waals surface area contributed by atoms with E-state index in [-0.39, 0.29) is 24.1 Å². The summed E-state index contributed by atoms with van der Waals surface area (Å²) in [4.78, 5) is 26.1. The van der Waals surface area contributed by atoms with Gasteiger partial charge >= 0.3 is 6.18 Å². The van der Waals surface area contributed by atoms with Gasteiger partial charge in [0.25, 0.3) is 11.5 Å². The Morgan fingerprint density at radius 3 is 2.63 bits per heavy atom. The number of aromatic amines is 1. The van der Waals surface area contributed by atoms with Gasteiger partial charge in [-0.05, 0) is 48.4 Å². The van der Waals surface area contributed by atoms with Crippen LogP contribution >= 0.6 is 0 Å². The molecule has 1 aliphatic carbocycles. The summed E-state index contributed by atoms with van der Waals surface area (Å²) in [6, 6.07) is 8.75. The molecule has 1 heterocycles. The van der Waals surface area contributed by atoms with Crippen LogP contribution in [-0.2, 0) is 12.6 Å². The van der Waals surface area contributed by atoms with Gasteiger partial charge in [-0.2, -0.15) is 13.2 Å². The van der Waals surface area contributed by atoms with Crippen LogP contribution < -0.4 is 10.9 Å². The third kappa shape index (κ3) is 4.21. The largest absolute Gasteiger partial charge is 0.431 e. The molecular formula is C19H19F3N2O3. The molecule has 1 aliphatic rings. The number of aliphatic hydroxyl groups excluding tert-OH is 1. The zero-order valence-corrected chi connectivity index (χ0v) is 14.3. The van der Waals surface area contributed by atoms with Crippen molar-refractivity contribution in [3.05, 3.63) is 69.1 Å². The molecule has 2 atom stereocenters. The van der Waals surface area contributed by atoms with Crippen molar-refractivity contribution in [3.8, 4) is 0 Å². The summed E-state index contributed by atoms with van der Waals surface area (Å²) in [6.45, 7) is 0.0338. The van der Waals surface area contributed by atoms with Crippen molar-refractivity contribution in [2.45, 2.75) is 31.5 Å². The van der Waals surface area contributed by atoms with Crippen molar-refractivity contribution >= 4 is 5.91 Å². The first-order valence-electron chi connectivity index (χ1n) is 8.59. The number of carbonyl (C=O) groups excluding carboxylic acids is 1. The van der Waals surface area contributed by atoms with Gasteiger partial charge in [0.2, 0.25) is 0 Å². The van der Waals surface area contributed by atoms with E-state index in [1.54, 1.807) is 4.98 Å². The Morgan fingerprint density at radius 1 is 1.22 bits per heavy atom. The lowest BCUT2D eigenvalue weighted by molar-refractivity contribution is -0.141. The van der Waals surface area contributed by atoms with E-state index in [2.05, 4.69) is 5.32 Å². The molecule has 0 fully saturated rings. The first-order valence-corrected chi connectivity index (χ1v) is 8.59. The third-order valence-corrected chi connectivity index (χ3v) is 4.81. The zero-order valence-electron chi connectivity index (χ0n) is 14.3. The molecule has 3 N–H and O–H groups in total. The third-order valence-electron chi connectivity index (χ3n) is 4.81. The van der Waals surface area contributed by atoms with E-state index in [4.69, 9.17) is 0 Å². The van der Waals surface area contributed by atoms with Gasteiger partial charge < -0.3 is 15.4 Å². The maximum atomic E-state index is 12.7. The highest BCUT2D eigenvalue weighted by atomic mass is 19.4. The summed E-state index contributed by atoms with van der Waals surface area (Å²) in [5.74, 6) is -0.560. The van der Waals surface area contributed by atoms with Crippen LogP contribution in [-0.4, -0.2) is 22.6 Å². The zero-order chi connectivity index (χ0) is 19.6. The average molecular weight is 380 g/mol. The van der Waals surface area contributed by atoms with Gasteiger partial charge in [0, 0.05) is 6.61 Å². The predicted molar refractivity (Wildman–Crippen MR) is 92.2 cm³/mol. The molecule has 0 aliphatic heterocycles. The molecule has 27 heavy (non-hydrogen) atoms. The van der Waals surface area contributed by atoms with Gasteiger partial charge in [-0.25, -0.2) is 0 Å². The number of benzene rings is 1. The van der Waals surface area contributed by atoms with Crippen molar-refractivity contribution in [1.82, 2.24) is 10.3 Å². The monoisotopic (exact) mass is 380 g/mol. The Balaban J connectivity index is 1.84. The van der Waals surface area contributed by atoms with E-state index >= 15 is 0 Å². The number of fused-ring (bicyclic) bond motifs is 1. The lowest BCUT2D eigenvalue weighted by Gasteiger charge is -2.32. The van der Waals surface area contributed by atoms with Gasteiger partial charge in [0.05, 0.1) is 6.04 Å². The van der Waals surface area contributed by atoms with Crippen LogP contribution in [0.25, 0.3) is 0 Å². The van der Waals surface area contributed by atoms with Crippen LogP contribution in [0.1, 0.15) is 46.1 Å². The topological polar surface area (TPSA) is 82.2 Å². The molecule has 1 aromatic heterocycles. The number of amides is 1. The van der Waals surface area contributed by atoms with Crippen molar-refractivity contribution in [2.75, 3.05) is 6.61 Å². The molecule has 8 heteroatoms. The Morgan fingerprint density at radius 2 is 1.96 bits per heavy atom. The number of H-pyrrole nitrogens is 1. The molecular weight excluding hydrogens is 361 g/mol. The second kappa shape index (κ2) is 7.56. The fraction of sp³-hybridized carbons (Fsp3) is 0.368. The molecule has 1 unspecified atom stereocenters. The number of aliphatic hydroxyl groups is 1. The Hall–Kier alpha value is -2.61. The SMILES string of the molecule is O=C(NC1C[C@@H](CCO)Cc2ccccc21)c1ccc(C(F)(F)F)[nH]c1=O. The van der Waals surface area contributed by atoms with E-state index in [1.165, 1.54) is 0 Å². The molecule has 144 valence electrons. The molecule has 0 bridgehead atoms. The Kier molecular flexibility index (Phi) is 5.36. The van der Waals surface area contributed by atoms with Crippen LogP contribution in [0.4, 0.5) is 13.2 Å². The van der Waals surface area contributed by atoms with E-state index in [0.29, 0.717) is 18.9 Å². The number of carbonyl (C=O) groups is 1. The lowest BCUT2D eigenvalue weighted by Crippen LogP contribution is -2.36. The number of nitrogens with one attached hydrogen (secondary N) is 2. The summed E-state index contributed by atoms with van der Waals surface area (Å²) in [7, 11) is 0. The lowest BCUT2D eigenvalue weighted by atomic mass is 9.79. The van der Waals surface area contributed by atoms with E-state index < -0.39 is 23.3 Å². The standard InChI is InChI=1S/C19H19F3N2O3/c20-19(21,22)16-6-5-14(18(27)24-16)17(26)23-15-10-11(7-8-25)9-12-3-1-2-4-13(12)15/h1-6,11,15,25H,7-10H2,(H,23,26)(H,24,27)/t11-,15?/m0/s1. The first kappa shape index (κ1) is 19.2. The summed E-state index contributed by atoms with van der Waals surface area (Å²) in [5.41, 5.74) is -0.685. The number of hydrogen-bond donors (Lipinski definition) is 3. The van der Waals surface area contributed by atoms with Crippen LogP contribution in [0.5, 0.6) is 0 Å². The quantitative estimate of drug-likeness (QED) is 0.763. The molecule has 1 amide bonds. The van der Waals surface area contributed by atoms with Gasteiger partial charge in [0.15, 0.2) is 0 Å². The van der Waals surface area contributed by atoms with Gasteiger partial charge in [0.1, 0.15) is 11.3 Å². The van der Waals surface area contributed by atoms with Gasteiger partial charge in [-0.3, -0.25) is 9.59 Å². The van der Waals surface area contributed by atoms with Crippen LogP contribution in [0.15, 0.2) is 41.2 Å². The van der Waals surface area contributed by atoms with E-state index in [1.807, 2.05) is 24.3 Å². The number of rotatable bonds is 4. The highest BCUT2D eigenvalue weighted by Crippen LogP contribution is 2.34. The first-order chi connectivity index (χ1) is 12.8. The number of aromatic nitrogens is 1. The molecule has 0 spiro atoms. The maximum Gasteiger partial charge on any atom is 0.431 e.